The number of likely N-dealkylation sites (tertiary alicyclic amines) is 1. The minimum atomic E-state index is -0.0685. The van der Waals surface area contributed by atoms with Gasteiger partial charge in [-0.05, 0) is 44.9 Å². The average molecular weight is 420 g/mol. The fourth-order valence-electron chi connectivity index (χ4n) is 3.94. The summed E-state index contributed by atoms with van der Waals surface area (Å²) in [4.78, 5) is 16.6. The molecule has 0 spiro atoms. The van der Waals surface area contributed by atoms with E-state index >= 15 is 0 Å². The molecule has 8 nitrogen and oxygen atoms in total. The van der Waals surface area contributed by atoms with Crippen LogP contribution in [0.2, 0.25) is 5.02 Å². The van der Waals surface area contributed by atoms with Crippen LogP contribution < -0.4 is 9.47 Å². The summed E-state index contributed by atoms with van der Waals surface area (Å²) in [7, 11) is 0. The molecule has 1 aromatic carbocycles. The van der Waals surface area contributed by atoms with Gasteiger partial charge in [0.25, 0.3) is 5.91 Å². The third-order valence-corrected chi connectivity index (χ3v) is 5.92. The van der Waals surface area contributed by atoms with Gasteiger partial charge in [0.15, 0.2) is 17.2 Å². The molecule has 9 heteroatoms. The van der Waals surface area contributed by atoms with E-state index < -0.39 is 0 Å². The quantitative estimate of drug-likeness (QED) is 0.716. The van der Waals surface area contributed by atoms with Crippen molar-refractivity contribution in [1.29, 1.82) is 0 Å². The van der Waals surface area contributed by atoms with E-state index in [4.69, 9.17) is 21.1 Å². The number of aromatic nitrogens is 3. The highest BCUT2D eigenvalue weighted by molar-refractivity contribution is 6.31. The minimum Gasteiger partial charge on any atom is -0.454 e. The molecule has 2 aromatic rings. The summed E-state index contributed by atoms with van der Waals surface area (Å²) in [6.07, 6.45) is 3.84. The molecule has 4 rings (SSSR count). The number of carbonyl (C=O) groups is 1. The normalized spacial score (nSPS) is 18.8. The zero-order chi connectivity index (χ0) is 20.4. The number of rotatable bonds is 6. The molecule has 0 unspecified atom stereocenters. The summed E-state index contributed by atoms with van der Waals surface area (Å²) in [5.74, 6) is 1.37. The van der Waals surface area contributed by atoms with Gasteiger partial charge in [-0.15, -0.1) is 5.10 Å². The first-order valence-corrected chi connectivity index (χ1v) is 10.5. The summed E-state index contributed by atoms with van der Waals surface area (Å²) >= 11 is 6.44. The number of piperidine rings is 1. The summed E-state index contributed by atoms with van der Waals surface area (Å²) in [6, 6.07) is 3.97. The molecule has 2 aliphatic rings. The van der Waals surface area contributed by atoms with Gasteiger partial charge in [0.2, 0.25) is 6.79 Å². The Kier molecular flexibility index (Phi) is 5.91. The van der Waals surface area contributed by atoms with E-state index in [1.54, 1.807) is 11.1 Å². The van der Waals surface area contributed by atoms with Gasteiger partial charge in [0, 0.05) is 37.3 Å². The first-order valence-electron chi connectivity index (χ1n) is 10.1. The van der Waals surface area contributed by atoms with Crippen LogP contribution in [0.1, 0.15) is 48.8 Å². The number of carbonyl (C=O) groups excluding carboxylic acids is 1. The van der Waals surface area contributed by atoms with Gasteiger partial charge in [-0.25, -0.2) is 4.68 Å². The van der Waals surface area contributed by atoms with Crippen LogP contribution in [0.3, 0.4) is 0 Å². The molecule has 1 saturated heterocycles. The number of fused-ring (bicyclic) bond motifs is 1. The van der Waals surface area contributed by atoms with Gasteiger partial charge in [-0.2, -0.15) is 0 Å². The Bertz CT molecular complexity index is 883. The van der Waals surface area contributed by atoms with Gasteiger partial charge in [0.1, 0.15) is 0 Å². The Balaban J connectivity index is 1.43. The average Bonchev–Trinajstić information content (AvgIpc) is 3.39. The third-order valence-electron chi connectivity index (χ3n) is 5.57. The van der Waals surface area contributed by atoms with Crippen molar-refractivity contribution >= 4 is 17.5 Å². The van der Waals surface area contributed by atoms with Gasteiger partial charge in [0.05, 0.1) is 12.2 Å². The van der Waals surface area contributed by atoms with Gasteiger partial charge >= 0.3 is 0 Å². The number of ether oxygens (including phenoxy) is 2. The number of hydrogen-bond acceptors (Lipinski definition) is 6. The summed E-state index contributed by atoms with van der Waals surface area (Å²) in [5.41, 5.74) is 1.43. The minimum absolute atomic E-state index is 0.0685. The second kappa shape index (κ2) is 8.59. The Labute approximate surface area is 175 Å². The van der Waals surface area contributed by atoms with E-state index in [-0.39, 0.29) is 18.7 Å². The van der Waals surface area contributed by atoms with Gasteiger partial charge in [-0.1, -0.05) is 16.8 Å². The lowest BCUT2D eigenvalue weighted by Crippen LogP contribution is -2.36. The Morgan fingerprint density at radius 3 is 2.79 bits per heavy atom. The van der Waals surface area contributed by atoms with E-state index in [0.29, 0.717) is 29.6 Å². The molecule has 0 N–H and O–H groups in total. The van der Waals surface area contributed by atoms with E-state index in [1.165, 1.54) is 0 Å². The fraction of sp³-hybridized carbons (Fsp3) is 0.550. The number of benzene rings is 1. The number of hydrogen-bond donors (Lipinski definition) is 0. The van der Waals surface area contributed by atoms with Crippen molar-refractivity contribution in [3.05, 3.63) is 34.6 Å². The maximum Gasteiger partial charge on any atom is 0.276 e. The molecular formula is C20H26ClN5O3. The van der Waals surface area contributed by atoms with Crippen LogP contribution in [0.25, 0.3) is 0 Å². The summed E-state index contributed by atoms with van der Waals surface area (Å²) in [5, 5.41) is 9.05. The van der Waals surface area contributed by atoms with Crippen molar-refractivity contribution in [2.45, 2.75) is 39.3 Å². The fourth-order valence-corrected chi connectivity index (χ4v) is 4.15. The number of nitrogens with zero attached hydrogens (tertiary/aromatic N) is 5. The third kappa shape index (κ3) is 4.18. The molecule has 2 aliphatic heterocycles. The van der Waals surface area contributed by atoms with Crippen molar-refractivity contribution in [3.8, 4) is 11.5 Å². The van der Waals surface area contributed by atoms with Crippen LogP contribution in [0, 0.1) is 0 Å². The second-order valence-electron chi connectivity index (χ2n) is 7.39. The van der Waals surface area contributed by atoms with Crippen molar-refractivity contribution < 1.29 is 14.3 Å². The highest BCUT2D eigenvalue weighted by Crippen LogP contribution is 2.37. The molecule has 1 fully saturated rings. The lowest BCUT2D eigenvalue weighted by molar-refractivity contribution is 0.0767. The first-order chi connectivity index (χ1) is 14.1. The monoisotopic (exact) mass is 419 g/mol. The molecule has 0 saturated carbocycles. The molecule has 0 radical (unpaired) electrons. The number of amides is 1. The number of halogens is 1. The highest BCUT2D eigenvalue weighted by atomic mass is 35.5. The van der Waals surface area contributed by atoms with Crippen LogP contribution in [0.5, 0.6) is 11.5 Å². The van der Waals surface area contributed by atoms with Crippen LogP contribution in [0.15, 0.2) is 18.3 Å². The predicted octanol–water partition coefficient (Wildman–Crippen LogP) is 2.98. The van der Waals surface area contributed by atoms with Crippen LogP contribution >= 0.6 is 11.6 Å². The van der Waals surface area contributed by atoms with E-state index in [0.717, 1.165) is 43.8 Å². The van der Waals surface area contributed by atoms with E-state index in [2.05, 4.69) is 15.2 Å². The van der Waals surface area contributed by atoms with Crippen LogP contribution in [0.4, 0.5) is 0 Å². The van der Waals surface area contributed by atoms with Gasteiger partial charge < -0.3 is 14.4 Å². The van der Waals surface area contributed by atoms with Crippen LogP contribution in [-0.2, 0) is 6.54 Å². The largest absolute Gasteiger partial charge is 0.454 e. The Morgan fingerprint density at radius 1 is 1.28 bits per heavy atom. The second-order valence-corrected chi connectivity index (χ2v) is 7.80. The zero-order valence-corrected chi connectivity index (χ0v) is 17.6. The zero-order valence-electron chi connectivity index (χ0n) is 16.8. The summed E-state index contributed by atoms with van der Waals surface area (Å²) in [6.45, 7) is 8.03. The predicted molar refractivity (Wildman–Crippen MR) is 108 cm³/mol. The molecular weight excluding hydrogens is 394 g/mol. The maximum atomic E-state index is 12.5. The topological polar surface area (TPSA) is 72.7 Å². The molecule has 0 bridgehead atoms. The molecule has 156 valence electrons. The molecule has 0 aliphatic carbocycles. The van der Waals surface area contributed by atoms with Crippen molar-refractivity contribution in [2.75, 3.05) is 33.0 Å². The highest BCUT2D eigenvalue weighted by Gasteiger charge is 2.26. The van der Waals surface area contributed by atoms with E-state index in [1.807, 2.05) is 30.7 Å². The standard InChI is InChI=1S/C20H26ClN5O3/c1-3-25(4-2)20(27)17-12-26(23-22-17)15-6-5-7-24(11-15)10-14-8-18-19(9-16(14)21)29-13-28-18/h8-9,12,15H,3-7,10-11,13H2,1-2H3/t15-/m1/s1. The van der Waals surface area contributed by atoms with Crippen molar-refractivity contribution in [3.63, 3.8) is 0 Å². The Morgan fingerprint density at radius 2 is 2.03 bits per heavy atom. The molecule has 29 heavy (non-hydrogen) atoms. The van der Waals surface area contributed by atoms with Crippen LogP contribution in [-0.4, -0.2) is 63.7 Å². The molecule has 1 atom stereocenters. The smallest absolute Gasteiger partial charge is 0.276 e. The molecule has 3 heterocycles. The van der Waals surface area contributed by atoms with Crippen molar-refractivity contribution in [2.24, 2.45) is 0 Å². The van der Waals surface area contributed by atoms with E-state index in [9.17, 15) is 4.79 Å². The summed E-state index contributed by atoms with van der Waals surface area (Å²) < 4.78 is 12.7. The maximum absolute atomic E-state index is 12.5. The SMILES string of the molecule is CCN(CC)C(=O)c1cn([C@@H]2CCCN(Cc3cc4c(cc3Cl)OCO4)C2)nn1. The molecule has 1 amide bonds. The Hall–Kier alpha value is -2.32. The lowest BCUT2D eigenvalue weighted by Gasteiger charge is -2.32. The van der Waals surface area contributed by atoms with Gasteiger partial charge in [-0.3, -0.25) is 9.69 Å². The van der Waals surface area contributed by atoms with Crippen molar-refractivity contribution in [1.82, 2.24) is 24.8 Å². The lowest BCUT2D eigenvalue weighted by atomic mass is 10.0. The molecule has 1 aromatic heterocycles. The first kappa shape index (κ1) is 20.0.